The number of aromatic nitrogens is 2. The highest BCUT2D eigenvalue weighted by Crippen LogP contribution is 2.30. The third-order valence-corrected chi connectivity index (χ3v) is 4.94. The first-order chi connectivity index (χ1) is 10.7. The second-order valence-electron chi connectivity index (χ2n) is 5.45. The van der Waals surface area contributed by atoms with E-state index in [-0.39, 0.29) is 5.91 Å². The number of para-hydroxylation sites is 1. The van der Waals surface area contributed by atoms with Gasteiger partial charge in [-0.15, -0.1) is 21.5 Å². The average molecular weight is 317 g/mol. The molecule has 3 rings (SSSR count). The molecule has 1 atom stereocenters. The fourth-order valence-corrected chi connectivity index (χ4v) is 3.66. The fraction of sp³-hybridized carbons (Fsp3) is 0.438. The van der Waals surface area contributed by atoms with Gasteiger partial charge < -0.3 is 9.64 Å². The molecule has 0 N–H and O–H groups in total. The standard InChI is InChI=1S/C16H19N3O2S/c1-11-17-18-15(22-11)12-6-5-9-19(10-12)16(20)13-7-3-4-8-14(13)21-2/h3-4,7-8,12H,5-6,9-10H2,1-2H3/t12-/m1/s1. The van der Waals surface area contributed by atoms with Crippen molar-refractivity contribution in [2.45, 2.75) is 25.7 Å². The van der Waals surface area contributed by atoms with Gasteiger partial charge in [-0.3, -0.25) is 4.79 Å². The van der Waals surface area contributed by atoms with Crippen molar-refractivity contribution >= 4 is 17.2 Å². The highest BCUT2D eigenvalue weighted by atomic mass is 32.1. The number of methoxy groups -OCH3 is 1. The lowest BCUT2D eigenvalue weighted by atomic mass is 9.98. The van der Waals surface area contributed by atoms with Crippen LogP contribution in [-0.4, -0.2) is 41.2 Å². The molecule has 6 heteroatoms. The maximum absolute atomic E-state index is 12.8. The molecule has 1 aliphatic heterocycles. The highest BCUT2D eigenvalue weighted by molar-refractivity contribution is 7.11. The van der Waals surface area contributed by atoms with Crippen LogP contribution in [0.3, 0.4) is 0 Å². The minimum atomic E-state index is 0.0309. The van der Waals surface area contributed by atoms with Crippen molar-refractivity contribution in [1.29, 1.82) is 0 Å². The lowest BCUT2D eigenvalue weighted by Gasteiger charge is -2.32. The van der Waals surface area contributed by atoms with Crippen molar-refractivity contribution in [1.82, 2.24) is 15.1 Å². The molecule has 1 aliphatic rings. The zero-order chi connectivity index (χ0) is 15.5. The van der Waals surface area contributed by atoms with E-state index in [1.54, 1.807) is 18.4 Å². The zero-order valence-electron chi connectivity index (χ0n) is 12.8. The monoisotopic (exact) mass is 317 g/mol. The number of hydrogen-bond donors (Lipinski definition) is 0. The van der Waals surface area contributed by atoms with E-state index in [2.05, 4.69) is 10.2 Å². The van der Waals surface area contributed by atoms with E-state index in [9.17, 15) is 4.79 Å². The molecule has 0 spiro atoms. The SMILES string of the molecule is COc1ccccc1C(=O)N1CCC[C@@H](c2nnc(C)s2)C1. The summed E-state index contributed by atoms with van der Waals surface area (Å²) in [7, 11) is 1.59. The molecule has 0 bridgehead atoms. The Hall–Kier alpha value is -1.95. The molecule has 1 fully saturated rings. The topological polar surface area (TPSA) is 55.3 Å². The molecule has 22 heavy (non-hydrogen) atoms. The number of likely N-dealkylation sites (tertiary alicyclic amines) is 1. The molecule has 2 heterocycles. The predicted molar refractivity (Wildman–Crippen MR) is 85.5 cm³/mol. The highest BCUT2D eigenvalue weighted by Gasteiger charge is 2.28. The zero-order valence-corrected chi connectivity index (χ0v) is 13.6. The molecule has 5 nitrogen and oxygen atoms in total. The number of carbonyl (C=O) groups is 1. The van der Waals surface area contributed by atoms with Crippen LogP contribution in [0.2, 0.25) is 0 Å². The number of hydrogen-bond acceptors (Lipinski definition) is 5. The van der Waals surface area contributed by atoms with Crippen LogP contribution in [0.25, 0.3) is 0 Å². The largest absolute Gasteiger partial charge is 0.496 e. The smallest absolute Gasteiger partial charge is 0.257 e. The third-order valence-electron chi connectivity index (χ3n) is 3.94. The van der Waals surface area contributed by atoms with Crippen molar-refractivity contribution in [3.05, 3.63) is 39.8 Å². The number of rotatable bonds is 3. The van der Waals surface area contributed by atoms with E-state index >= 15 is 0 Å². The summed E-state index contributed by atoms with van der Waals surface area (Å²) in [5.41, 5.74) is 0.624. The summed E-state index contributed by atoms with van der Waals surface area (Å²) >= 11 is 1.63. The second kappa shape index (κ2) is 6.44. The average Bonchev–Trinajstić information content (AvgIpc) is 3.01. The molecule has 2 aromatic rings. The number of aryl methyl sites for hydroxylation is 1. The number of carbonyl (C=O) groups excluding carboxylic acids is 1. The molecule has 0 unspecified atom stereocenters. The number of benzene rings is 1. The van der Waals surface area contributed by atoms with Gasteiger partial charge in [0.1, 0.15) is 15.8 Å². The first kappa shape index (κ1) is 15.0. The predicted octanol–water partition coefficient (Wildman–Crippen LogP) is 2.87. The van der Waals surface area contributed by atoms with Crippen molar-refractivity contribution in [3.63, 3.8) is 0 Å². The van der Waals surface area contributed by atoms with Gasteiger partial charge in [0, 0.05) is 19.0 Å². The van der Waals surface area contributed by atoms with Gasteiger partial charge in [0.05, 0.1) is 12.7 Å². The minimum absolute atomic E-state index is 0.0309. The van der Waals surface area contributed by atoms with Crippen LogP contribution in [-0.2, 0) is 0 Å². The molecular weight excluding hydrogens is 298 g/mol. The Morgan fingerprint density at radius 2 is 2.18 bits per heavy atom. The van der Waals surface area contributed by atoms with E-state index in [0.717, 1.165) is 29.4 Å². The van der Waals surface area contributed by atoms with E-state index in [0.29, 0.717) is 23.8 Å². The quantitative estimate of drug-likeness (QED) is 0.873. The number of ether oxygens (including phenoxy) is 1. The Balaban J connectivity index is 1.78. The van der Waals surface area contributed by atoms with Gasteiger partial charge in [0.2, 0.25) is 0 Å². The fourth-order valence-electron chi connectivity index (χ4n) is 2.83. The van der Waals surface area contributed by atoms with Gasteiger partial charge in [-0.1, -0.05) is 12.1 Å². The van der Waals surface area contributed by atoms with Crippen LogP contribution in [0.5, 0.6) is 5.75 Å². The lowest BCUT2D eigenvalue weighted by molar-refractivity contribution is 0.0703. The number of piperidine rings is 1. The summed E-state index contributed by atoms with van der Waals surface area (Å²) in [5, 5.41) is 10.4. The molecule has 1 amide bonds. The number of amides is 1. The molecule has 0 radical (unpaired) electrons. The summed E-state index contributed by atoms with van der Waals surface area (Å²) in [6, 6.07) is 7.38. The maximum atomic E-state index is 12.8. The van der Waals surface area contributed by atoms with Gasteiger partial charge >= 0.3 is 0 Å². The summed E-state index contributed by atoms with van der Waals surface area (Å²) in [6.07, 6.45) is 2.05. The normalized spacial score (nSPS) is 18.3. The van der Waals surface area contributed by atoms with Gasteiger partial charge in [0.15, 0.2) is 0 Å². The molecule has 1 aromatic carbocycles. The van der Waals surface area contributed by atoms with Gasteiger partial charge in [-0.25, -0.2) is 0 Å². The molecule has 1 aromatic heterocycles. The molecule has 0 aliphatic carbocycles. The Morgan fingerprint density at radius 3 is 2.91 bits per heavy atom. The van der Waals surface area contributed by atoms with E-state index in [1.165, 1.54) is 0 Å². The van der Waals surface area contributed by atoms with Crippen molar-refractivity contribution < 1.29 is 9.53 Å². The molecule has 116 valence electrons. The second-order valence-corrected chi connectivity index (χ2v) is 6.66. The van der Waals surface area contributed by atoms with Crippen molar-refractivity contribution in [2.24, 2.45) is 0 Å². The minimum Gasteiger partial charge on any atom is -0.496 e. The first-order valence-electron chi connectivity index (χ1n) is 7.41. The maximum Gasteiger partial charge on any atom is 0.257 e. The van der Waals surface area contributed by atoms with E-state index in [4.69, 9.17) is 4.74 Å². The lowest BCUT2D eigenvalue weighted by Crippen LogP contribution is -2.39. The van der Waals surface area contributed by atoms with Crippen LogP contribution >= 0.6 is 11.3 Å². The van der Waals surface area contributed by atoms with Crippen LogP contribution in [0.15, 0.2) is 24.3 Å². The van der Waals surface area contributed by atoms with Crippen molar-refractivity contribution in [3.8, 4) is 5.75 Å². The van der Waals surface area contributed by atoms with Gasteiger partial charge in [-0.2, -0.15) is 0 Å². The first-order valence-corrected chi connectivity index (χ1v) is 8.23. The Kier molecular flexibility index (Phi) is 4.38. The summed E-state index contributed by atoms with van der Waals surface area (Å²) in [5.74, 6) is 0.948. The summed E-state index contributed by atoms with van der Waals surface area (Å²) < 4.78 is 5.30. The molecular formula is C16H19N3O2S. The Bertz CT molecular complexity index is 671. The van der Waals surface area contributed by atoms with Crippen LogP contribution in [0.4, 0.5) is 0 Å². The Labute approximate surface area is 133 Å². The van der Waals surface area contributed by atoms with Crippen LogP contribution in [0.1, 0.15) is 39.1 Å². The van der Waals surface area contributed by atoms with Crippen molar-refractivity contribution in [2.75, 3.05) is 20.2 Å². The van der Waals surface area contributed by atoms with E-state index < -0.39 is 0 Å². The summed E-state index contributed by atoms with van der Waals surface area (Å²) in [4.78, 5) is 14.7. The molecule has 1 saturated heterocycles. The molecule has 0 saturated carbocycles. The van der Waals surface area contributed by atoms with Crippen LogP contribution in [0, 0.1) is 6.92 Å². The van der Waals surface area contributed by atoms with Crippen LogP contribution < -0.4 is 4.74 Å². The van der Waals surface area contributed by atoms with E-state index in [1.807, 2.05) is 36.1 Å². The third kappa shape index (κ3) is 2.97. The van der Waals surface area contributed by atoms with Gasteiger partial charge in [-0.05, 0) is 31.9 Å². The Morgan fingerprint density at radius 1 is 1.36 bits per heavy atom. The van der Waals surface area contributed by atoms with Gasteiger partial charge in [0.25, 0.3) is 5.91 Å². The number of nitrogens with zero attached hydrogens (tertiary/aromatic N) is 3. The summed E-state index contributed by atoms with van der Waals surface area (Å²) in [6.45, 7) is 3.44.